The lowest BCUT2D eigenvalue weighted by Gasteiger charge is -2.20. The van der Waals surface area contributed by atoms with E-state index in [2.05, 4.69) is 0 Å². The van der Waals surface area contributed by atoms with E-state index in [0.717, 1.165) is 5.56 Å². The molecule has 0 spiro atoms. The summed E-state index contributed by atoms with van der Waals surface area (Å²) in [6.45, 7) is 0. The van der Waals surface area contributed by atoms with Crippen molar-refractivity contribution in [2.24, 2.45) is 0 Å². The van der Waals surface area contributed by atoms with Crippen molar-refractivity contribution in [2.45, 2.75) is 6.10 Å². The molecule has 0 aromatic heterocycles. The van der Waals surface area contributed by atoms with Crippen LogP contribution in [-0.4, -0.2) is 38.0 Å². The molecule has 0 saturated heterocycles. The predicted molar refractivity (Wildman–Crippen MR) is 96.0 cm³/mol. The second-order valence-electron chi connectivity index (χ2n) is 5.54. The number of nitrogens with zero attached hydrogens (tertiary/aromatic N) is 1. The number of carbonyl (C=O) groups excluding carboxylic acids is 2. The van der Waals surface area contributed by atoms with Gasteiger partial charge in [0, 0.05) is 31.3 Å². The number of hydrogen-bond donors (Lipinski definition) is 0. The van der Waals surface area contributed by atoms with Crippen molar-refractivity contribution in [3.63, 3.8) is 0 Å². The van der Waals surface area contributed by atoms with Gasteiger partial charge in [-0.2, -0.15) is 0 Å². The van der Waals surface area contributed by atoms with E-state index in [1.54, 1.807) is 57.6 Å². The maximum Gasteiger partial charge on any atom is 0.331 e. The van der Waals surface area contributed by atoms with Gasteiger partial charge in [-0.05, 0) is 12.1 Å². The van der Waals surface area contributed by atoms with Crippen LogP contribution in [0.2, 0.25) is 0 Å². The molecule has 1 unspecified atom stereocenters. The molecule has 0 aliphatic carbocycles. The average molecular weight is 339 g/mol. The monoisotopic (exact) mass is 339 g/mol. The highest BCUT2D eigenvalue weighted by molar-refractivity contribution is 5.91. The summed E-state index contributed by atoms with van der Waals surface area (Å²) in [5, 5.41) is 0. The van der Waals surface area contributed by atoms with Crippen LogP contribution in [0.4, 0.5) is 0 Å². The summed E-state index contributed by atoms with van der Waals surface area (Å²) in [5.41, 5.74) is 1.37. The molecule has 0 aliphatic heterocycles. The molecule has 5 nitrogen and oxygen atoms in total. The van der Waals surface area contributed by atoms with E-state index in [-0.39, 0.29) is 5.91 Å². The number of esters is 1. The lowest BCUT2D eigenvalue weighted by molar-refractivity contribution is -0.155. The first-order valence-electron chi connectivity index (χ1n) is 7.80. The van der Waals surface area contributed by atoms with E-state index in [0.29, 0.717) is 11.3 Å². The number of hydrogen-bond acceptors (Lipinski definition) is 4. The fourth-order valence-corrected chi connectivity index (χ4v) is 2.24. The molecule has 1 atom stereocenters. The zero-order valence-corrected chi connectivity index (χ0v) is 14.5. The van der Waals surface area contributed by atoms with Gasteiger partial charge >= 0.3 is 5.97 Å². The number of amides is 1. The molecule has 0 heterocycles. The van der Waals surface area contributed by atoms with Gasteiger partial charge in [0.1, 0.15) is 5.75 Å². The molecule has 1 amide bonds. The van der Waals surface area contributed by atoms with Gasteiger partial charge in [0.25, 0.3) is 5.91 Å². The fourth-order valence-electron chi connectivity index (χ4n) is 2.24. The van der Waals surface area contributed by atoms with Crippen LogP contribution in [0.1, 0.15) is 17.2 Å². The number of ether oxygens (including phenoxy) is 2. The second-order valence-corrected chi connectivity index (χ2v) is 5.54. The third-order valence-corrected chi connectivity index (χ3v) is 3.54. The minimum atomic E-state index is -0.981. The number of rotatable bonds is 6. The van der Waals surface area contributed by atoms with Gasteiger partial charge in [0.15, 0.2) is 0 Å². The van der Waals surface area contributed by atoms with Crippen LogP contribution in [0, 0.1) is 0 Å². The Balaban J connectivity index is 2.17. The van der Waals surface area contributed by atoms with Crippen molar-refractivity contribution < 1.29 is 19.1 Å². The fraction of sp³-hybridized carbons (Fsp3) is 0.200. The minimum absolute atomic E-state index is 0.301. The molecule has 5 heteroatoms. The molecule has 0 N–H and O–H groups in total. The molecule has 0 fully saturated rings. The smallest absolute Gasteiger partial charge is 0.331 e. The summed E-state index contributed by atoms with van der Waals surface area (Å²) >= 11 is 0. The van der Waals surface area contributed by atoms with E-state index in [9.17, 15) is 9.59 Å². The van der Waals surface area contributed by atoms with Crippen LogP contribution in [0.5, 0.6) is 5.75 Å². The van der Waals surface area contributed by atoms with Gasteiger partial charge in [-0.3, -0.25) is 4.79 Å². The first-order valence-corrected chi connectivity index (χ1v) is 7.80. The molecule has 25 heavy (non-hydrogen) atoms. The molecule has 2 aromatic carbocycles. The summed E-state index contributed by atoms with van der Waals surface area (Å²) in [4.78, 5) is 26.0. The van der Waals surface area contributed by atoms with Crippen molar-refractivity contribution in [3.05, 3.63) is 71.8 Å². The predicted octanol–water partition coefficient (Wildman–Crippen LogP) is 3.08. The summed E-state index contributed by atoms with van der Waals surface area (Å²) < 4.78 is 10.6. The summed E-state index contributed by atoms with van der Waals surface area (Å²) in [6, 6.07) is 16.2. The van der Waals surface area contributed by atoms with Gasteiger partial charge in [0.05, 0.1) is 7.11 Å². The quantitative estimate of drug-likeness (QED) is 0.599. The number of carbonyl (C=O) groups is 2. The third kappa shape index (κ3) is 4.94. The van der Waals surface area contributed by atoms with Crippen LogP contribution in [-0.2, 0) is 14.3 Å². The molecule has 2 aromatic rings. The number of para-hydroxylation sites is 1. The number of benzene rings is 2. The summed E-state index contributed by atoms with van der Waals surface area (Å²) in [5.74, 6) is -0.254. The standard InChI is InChI=1S/C20H21NO4/c1-21(2)20(23)19(16-10-5-4-6-11-16)25-18(22)14-13-15-9-7-8-12-17(15)24-3/h4-14,19H,1-3H3. The van der Waals surface area contributed by atoms with E-state index in [1.165, 1.54) is 11.0 Å². The Kier molecular flexibility index (Phi) is 6.34. The zero-order chi connectivity index (χ0) is 18.2. The highest BCUT2D eigenvalue weighted by Crippen LogP contribution is 2.21. The SMILES string of the molecule is COc1ccccc1C=CC(=O)OC(C(=O)N(C)C)c1ccccc1. The maximum absolute atomic E-state index is 12.4. The lowest BCUT2D eigenvalue weighted by atomic mass is 10.1. The molecular weight excluding hydrogens is 318 g/mol. The highest BCUT2D eigenvalue weighted by Gasteiger charge is 2.25. The zero-order valence-electron chi connectivity index (χ0n) is 14.5. The van der Waals surface area contributed by atoms with E-state index in [1.807, 2.05) is 24.3 Å². The van der Waals surface area contributed by atoms with E-state index in [4.69, 9.17) is 9.47 Å². The molecule has 0 radical (unpaired) electrons. The summed E-state index contributed by atoms with van der Waals surface area (Å²) in [7, 11) is 4.81. The average Bonchev–Trinajstić information content (AvgIpc) is 2.64. The topological polar surface area (TPSA) is 55.8 Å². The Hall–Kier alpha value is -3.08. The molecular formula is C20H21NO4. The Morgan fingerprint density at radius 3 is 2.28 bits per heavy atom. The van der Waals surface area contributed by atoms with Gasteiger partial charge in [0.2, 0.25) is 6.10 Å². The van der Waals surface area contributed by atoms with Crippen LogP contribution < -0.4 is 4.74 Å². The Morgan fingerprint density at radius 2 is 1.64 bits per heavy atom. The van der Waals surface area contributed by atoms with Crippen LogP contribution in [0.25, 0.3) is 6.08 Å². The first kappa shape index (κ1) is 18.3. The van der Waals surface area contributed by atoms with Gasteiger partial charge in [-0.25, -0.2) is 4.79 Å². The van der Waals surface area contributed by atoms with Gasteiger partial charge in [-0.1, -0.05) is 48.5 Å². The van der Waals surface area contributed by atoms with Crippen LogP contribution in [0.3, 0.4) is 0 Å². The Bertz CT molecular complexity index is 753. The second kappa shape index (κ2) is 8.68. The van der Waals surface area contributed by atoms with Crippen molar-refractivity contribution in [1.82, 2.24) is 4.90 Å². The molecule has 0 aliphatic rings. The van der Waals surface area contributed by atoms with E-state index >= 15 is 0 Å². The normalized spacial score (nSPS) is 11.8. The van der Waals surface area contributed by atoms with Gasteiger partial charge in [-0.15, -0.1) is 0 Å². The Morgan fingerprint density at radius 1 is 1.00 bits per heavy atom. The van der Waals surface area contributed by atoms with Crippen LogP contribution >= 0.6 is 0 Å². The lowest BCUT2D eigenvalue weighted by Crippen LogP contribution is -2.30. The first-order chi connectivity index (χ1) is 12.0. The van der Waals surface area contributed by atoms with Gasteiger partial charge < -0.3 is 14.4 Å². The molecule has 130 valence electrons. The number of methoxy groups -OCH3 is 1. The highest BCUT2D eigenvalue weighted by atomic mass is 16.5. The Labute approximate surface area is 147 Å². The number of likely N-dealkylation sites (N-methyl/N-ethyl adjacent to an activating group) is 1. The van der Waals surface area contributed by atoms with Crippen molar-refractivity contribution in [2.75, 3.05) is 21.2 Å². The molecule has 0 saturated carbocycles. The summed E-state index contributed by atoms with van der Waals surface area (Å²) in [6.07, 6.45) is 1.91. The van der Waals surface area contributed by atoms with Crippen molar-refractivity contribution in [1.29, 1.82) is 0 Å². The van der Waals surface area contributed by atoms with Crippen LogP contribution in [0.15, 0.2) is 60.7 Å². The molecule has 2 rings (SSSR count). The minimum Gasteiger partial charge on any atom is -0.496 e. The molecule has 0 bridgehead atoms. The third-order valence-electron chi connectivity index (χ3n) is 3.54. The largest absolute Gasteiger partial charge is 0.496 e. The maximum atomic E-state index is 12.4. The van der Waals surface area contributed by atoms with Crippen molar-refractivity contribution in [3.8, 4) is 5.75 Å². The van der Waals surface area contributed by atoms with Crippen molar-refractivity contribution >= 4 is 18.0 Å². The van der Waals surface area contributed by atoms with E-state index < -0.39 is 12.1 Å².